The molecule has 2 N–H and O–H groups in total. The predicted molar refractivity (Wildman–Crippen MR) is 102 cm³/mol. The topological polar surface area (TPSA) is 91.1 Å². The molecule has 0 aliphatic rings. The van der Waals surface area contributed by atoms with Crippen LogP contribution in [0.1, 0.15) is 19.4 Å². The number of nitrogens with two attached hydrogens (primary N) is 1. The predicted octanol–water partition coefficient (Wildman–Crippen LogP) is 0.997. The zero-order valence-corrected chi connectivity index (χ0v) is 16.2. The van der Waals surface area contributed by atoms with Gasteiger partial charge < -0.3 is 19.9 Å². The molecule has 0 saturated carbocycles. The summed E-state index contributed by atoms with van der Waals surface area (Å²) in [5.74, 6) is 5.58. The maximum absolute atomic E-state index is 11.4. The third-order valence-corrected chi connectivity index (χ3v) is 3.71. The van der Waals surface area contributed by atoms with E-state index in [2.05, 4.69) is 16.7 Å². The minimum absolute atomic E-state index is 0.00510. The van der Waals surface area contributed by atoms with Crippen molar-refractivity contribution in [2.75, 3.05) is 40.0 Å². The SMILES string of the molecule is CC#CCN(C)[C@H](COCC(N)=O)Cc1cccc(OCC(=O)OCC)c1. The molecule has 0 aromatic heterocycles. The average Bonchev–Trinajstić information content (AvgIpc) is 2.64. The van der Waals surface area contributed by atoms with Crippen molar-refractivity contribution in [3.8, 4) is 17.6 Å². The second kappa shape index (κ2) is 12.7. The molecular formula is C20H28N2O5. The Labute approximate surface area is 160 Å². The lowest BCUT2D eigenvalue weighted by atomic mass is 10.0. The second-order valence-electron chi connectivity index (χ2n) is 5.92. The third-order valence-electron chi connectivity index (χ3n) is 3.71. The highest BCUT2D eigenvalue weighted by Gasteiger charge is 2.16. The Bertz CT molecular complexity index is 666. The van der Waals surface area contributed by atoms with Gasteiger partial charge in [0.25, 0.3) is 0 Å². The Hall–Kier alpha value is -2.56. The molecule has 1 atom stereocenters. The van der Waals surface area contributed by atoms with E-state index in [1.807, 2.05) is 25.2 Å². The Morgan fingerprint density at radius 1 is 1.30 bits per heavy atom. The molecule has 0 heterocycles. The first kappa shape index (κ1) is 22.5. The normalized spacial score (nSPS) is 11.4. The molecule has 1 rings (SSSR count). The van der Waals surface area contributed by atoms with Crippen LogP contribution in [-0.4, -0.2) is 62.8 Å². The maximum atomic E-state index is 11.4. The van der Waals surface area contributed by atoms with E-state index < -0.39 is 11.9 Å². The van der Waals surface area contributed by atoms with Crippen LogP contribution in [0.25, 0.3) is 0 Å². The van der Waals surface area contributed by atoms with E-state index in [1.54, 1.807) is 19.9 Å². The van der Waals surface area contributed by atoms with Crippen LogP contribution < -0.4 is 10.5 Å². The first-order valence-electron chi connectivity index (χ1n) is 8.79. The van der Waals surface area contributed by atoms with Crippen LogP contribution in [0.5, 0.6) is 5.75 Å². The largest absolute Gasteiger partial charge is 0.482 e. The molecule has 7 heteroatoms. The molecule has 0 aliphatic carbocycles. The summed E-state index contributed by atoms with van der Waals surface area (Å²) in [5.41, 5.74) is 6.15. The molecule has 7 nitrogen and oxygen atoms in total. The van der Waals surface area contributed by atoms with E-state index in [4.69, 9.17) is 19.9 Å². The number of nitrogens with zero attached hydrogens (tertiary/aromatic N) is 1. The van der Waals surface area contributed by atoms with Gasteiger partial charge in [0.15, 0.2) is 6.61 Å². The first-order chi connectivity index (χ1) is 13.0. The zero-order valence-electron chi connectivity index (χ0n) is 16.2. The van der Waals surface area contributed by atoms with Gasteiger partial charge in [0.1, 0.15) is 12.4 Å². The lowest BCUT2D eigenvalue weighted by molar-refractivity contribution is -0.145. The molecule has 0 saturated heterocycles. The number of esters is 1. The van der Waals surface area contributed by atoms with Crippen molar-refractivity contribution in [1.29, 1.82) is 0 Å². The first-order valence-corrected chi connectivity index (χ1v) is 8.79. The summed E-state index contributed by atoms with van der Waals surface area (Å²) < 4.78 is 15.7. The molecule has 0 fully saturated rings. The Morgan fingerprint density at radius 3 is 2.74 bits per heavy atom. The standard InChI is InChI=1S/C20H28N2O5/c1-4-6-10-22(3)17(13-25-14-19(21)23)11-16-8-7-9-18(12-16)27-15-20(24)26-5-2/h7-9,12,17H,5,10-11,13-15H2,1-3H3,(H2,21,23)/t17-/m0/s1. The van der Waals surface area contributed by atoms with Crippen molar-refractivity contribution in [2.45, 2.75) is 26.3 Å². The fourth-order valence-corrected chi connectivity index (χ4v) is 2.35. The van der Waals surface area contributed by atoms with Gasteiger partial charge in [-0.3, -0.25) is 9.69 Å². The molecule has 0 unspecified atom stereocenters. The highest BCUT2D eigenvalue weighted by molar-refractivity contribution is 5.75. The molecule has 148 valence electrons. The van der Waals surface area contributed by atoms with Crippen molar-refractivity contribution in [2.24, 2.45) is 5.73 Å². The Balaban J connectivity index is 2.73. The van der Waals surface area contributed by atoms with Gasteiger partial charge in [0, 0.05) is 6.04 Å². The van der Waals surface area contributed by atoms with Gasteiger partial charge in [-0.05, 0) is 45.0 Å². The number of amides is 1. The van der Waals surface area contributed by atoms with Crippen LogP contribution in [0.15, 0.2) is 24.3 Å². The van der Waals surface area contributed by atoms with Gasteiger partial charge in [-0.15, -0.1) is 5.92 Å². The zero-order chi connectivity index (χ0) is 20.1. The number of carbonyl (C=O) groups is 2. The third kappa shape index (κ3) is 9.64. The summed E-state index contributed by atoms with van der Waals surface area (Å²) in [5, 5.41) is 0. The van der Waals surface area contributed by atoms with E-state index in [0.717, 1.165) is 5.56 Å². The number of primary amides is 1. The Morgan fingerprint density at radius 2 is 2.07 bits per heavy atom. The number of benzene rings is 1. The minimum atomic E-state index is -0.501. The summed E-state index contributed by atoms with van der Waals surface area (Å²) in [6, 6.07) is 7.50. The molecule has 1 aromatic rings. The van der Waals surface area contributed by atoms with Crippen LogP contribution in [0.2, 0.25) is 0 Å². The molecule has 0 radical (unpaired) electrons. The van der Waals surface area contributed by atoms with Gasteiger partial charge in [-0.25, -0.2) is 4.79 Å². The number of carbonyl (C=O) groups excluding carboxylic acids is 2. The van der Waals surface area contributed by atoms with Crippen LogP contribution >= 0.6 is 0 Å². The van der Waals surface area contributed by atoms with Crippen LogP contribution in [0, 0.1) is 11.8 Å². The molecule has 1 aromatic carbocycles. The number of hydrogen-bond donors (Lipinski definition) is 1. The lowest BCUT2D eigenvalue weighted by Gasteiger charge is -2.26. The number of ether oxygens (including phenoxy) is 3. The van der Waals surface area contributed by atoms with Gasteiger partial charge in [0.2, 0.25) is 5.91 Å². The summed E-state index contributed by atoms with van der Waals surface area (Å²) in [4.78, 5) is 24.4. The smallest absolute Gasteiger partial charge is 0.344 e. The quantitative estimate of drug-likeness (QED) is 0.432. The van der Waals surface area contributed by atoms with Crippen molar-refractivity contribution in [1.82, 2.24) is 4.90 Å². The summed E-state index contributed by atoms with van der Waals surface area (Å²) >= 11 is 0. The number of hydrogen-bond acceptors (Lipinski definition) is 6. The molecule has 0 spiro atoms. The fraction of sp³-hybridized carbons (Fsp3) is 0.500. The molecule has 1 amide bonds. The van der Waals surface area contributed by atoms with E-state index in [9.17, 15) is 9.59 Å². The lowest BCUT2D eigenvalue weighted by Crippen LogP contribution is -2.38. The molecule has 27 heavy (non-hydrogen) atoms. The van der Waals surface area contributed by atoms with Crippen LogP contribution in [0.4, 0.5) is 0 Å². The highest BCUT2D eigenvalue weighted by Crippen LogP contribution is 2.16. The highest BCUT2D eigenvalue weighted by atomic mass is 16.6. The van der Waals surface area contributed by atoms with E-state index in [1.165, 1.54) is 0 Å². The summed E-state index contributed by atoms with van der Waals surface area (Å²) in [6.45, 7) is 4.54. The van der Waals surface area contributed by atoms with Gasteiger partial charge in [-0.1, -0.05) is 18.1 Å². The van der Waals surface area contributed by atoms with Crippen molar-refractivity contribution < 1.29 is 23.8 Å². The Kier molecular flexibility index (Phi) is 10.6. The number of likely N-dealkylation sites (N-methyl/N-ethyl adjacent to an activating group) is 1. The summed E-state index contributed by atoms with van der Waals surface area (Å²) in [7, 11) is 1.95. The molecule has 0 bridgehead atoms. The number of rotatable bonds is 12. The minimum Gasteiger partial charge on any atom is -0.482 e. The van der Waals surface area contributed by atoms with Gasteiger partial charge in [0.05, 0.1) is 19.8 Å². The van der Waals surface area contributed by atoms with E-state index in [0.29, 0.717) is 31.9 Å². The van der Waals surface area contributed by atoms with Crippen molar-refractivity contribution in [3.63, 3.8) is 0 Å². The molecular weight excluding hydrogens is 348 g/mol. The second-order valence-corrected chi connectivity index (χ2v) is 5.92. The van der Waals surface area contributed by atoms with Crippen molar-refractivity contribution >= 4 is 11.9 Å². The monoisotopic (exact) mass is 376 g/mol. The van der Waals surface area contributed by atoms with E-state index in [-0.39, 0.29) is 19.3 Å². The van der Waals surface area contributed by atoms with Gasteiger partial charge in [-0.2, -0.15) is 0 Å². The van der Waals surface area contributed by atoms with Crippen LogP contribution in [-0.2, 0) is 25.5 Å². The maximum Gasteiger partial charge on any atom is 0.344 e. The fourth-order valence-electron chi connectivity index (χ4n) is 2.35. The summed E-state index contributed by atoms with van der Waals surface area (Å²) in [6.07, 6.45) is 0.664. The molecule has 0 aliphatic heterocycles. The van der Waals surface area contributed by atoms with Crippen molar-refractivity contribution in [3.05, 3.63) is 29.8 Å². The van der Waals surface area contributed by atoms with Gasteiger partial charge >= 0.3 is 5.97 Å². The average molecular weight is 376 g/mol. The van der Waals surface area contributed by atoms with E-state index >= 15 is 0 Å². The van der Waals surface area contributed by atoms with Crippen LogP contribution in [0.3, 0.4) is 0 Å².